The predicted molar refractivity (Wildman–Crippen MR) is 76.9 cm³/mol. The molecule has 1 saturated heterocycles. The Hall–Kier alpha value is -0.750. The molecule has 1 aliphatic heterocycles. The van der Waals surface area contributed by atoms with Crippen LogP contribution in [0.15, 0.2) is 6.07 Å². The van der Waals surface area contributed by atoms with Crippen molar-refractivity contribution in [1.82, 2.24) is 4.98 Å². The summed E-state index contributed by atoms with van der Waals surface area (Å²) in [5.74, 6) is 0.810. The summed E-state index contributed by atoms with van der Waals surface area (Å²) in [6.07, 6.45) is -0.279. The summed E-state index contributed by atoms with van der Waals surface area (Å²) in [6, 6.07) is 1.58. The van der Waals surface area contributed by atoms with Gasteiger partial charge < -0.3 is 20.5 Å². The molecule has 19 heavy (non-hydrogen) atoms. The highest BCUT2D eigenvalue weighted by atomic mass is 35.5. The van der Waals surface area contributed by atoms with Crippen molar-refractivity contribution in [2.45, 2.75) is 25.6 Å². The lowest BCUT2D eigenvalue weighted by Gasteiger charge is -2.43. The van der Waals surface area contributed by atoms with E-state index in [0.29, 0.717) is 29.0 Å². The molecule has 1 aromatic rings. The Morgan fingerprint density at radius 3 is 2.84 bits per heavy atom. The predicted octanol–water partition coefficient (Wildman–Crippen LogP) is 1.95. The minimum atomic E-state index is -0.398. The number of hydrogen-bond donors (Lipinski definition) is 2. The van der Waals surface area contributed by atoms with Crippen LogP contribution in [0.1, 0.15) is 13.8 Å². The topological polar surface area (TPSA) is 71.6 Å². The van der Waals surface area contributed by atoms with Crippen LogP contribution in [0.2, 0.25) is 10.0 Å². The number of nitrogen functional groups attached to an aromatic ring is 1. The summed E-state index contributed by atoms with van der Waals surface area (Å²) in [5, 5.41) is 10.1. The molecule has 1 unspecified atom stereocenters. The van der Waals surface area contributed by atoms with Crippen LogP contribution in [0, 0.1) is 0 Å². The Kier molecular flexibility index (Phi) is 4.11. The fourth-order valence-corrected chi connectivity index (χ4v) is 2.72. The van der Waals surface area contributed by atoms with Crippen LogP contribution < -0.4 is 10.6 Å². The van der Waals surface area contributed by atoms with E-state index in [9.17, 15) is 5.11 Å². The number of ether oxygens (including phenoxy) is 1. The Bertz CT molecular complexity index is 482. The number of nitrogens with zero attached hydrogens (tertiary/aromatic N) is 2. The van der Waals surface area contributed by atoms with Crippen LogP contribution >= 0.6 is 23.2 Å². The zero-order valence-corrected chi connectivity index (χ0v) is 12.4. The van der Waals surface area contributed by atoms with Crippen molar-refractivity contribution < 1.29 is 9.84 Å². The number of hydrogen-bond acceptors (Lipinski definition) is 5. The summed E-state index contributed by atoms with van der Waals surface area (Å²) >= 11 is 12.1. The number of aliphatic hydroxyl groups excluding tert-OH is 1. The van der Waals surface area contributed by atoms with Gasteiger partial charge in [-0.2, -0.15) is 0 Å². The quantitative estimate of drug-likeness (QED) is 0.874. The van der Waals surface area contributed by atoms with Crippen molar-refractivity contribution in [1.29, 1.82) is 0 Å². The van der Waals surface area contributed by atoms with Gasteiger partial charge in [-0.25, -0.2) is 4.98 Å². The normalized spacial score (nSPS) is 22.6. The van der Waals surface area contributed by atoms with Gasteiger partial charge in [0.2, 0.25) is 0 Å². The first-order chi connectivity index (χ1) is 8.82. The van der Waals surface area contributed by atoms with E-state index in [1.54, 1.807) is 6.07 Å². The summed E-state index contributed by atoms with van der Waals surface area (Å²) in [4.78, 5) is 6.19. The van der Waals surface area contributed by atoms with Gasteiger partial charge in [0.1, 0.15) is 11.6 Å². The summed E-state index contributed by atoms with van der Waals surface area (Å²) in [5.41, 5.74) is 5.32. The zero-order valence-electron chi connectivity index (χ0n) is 10.9. The standard InChI is InChI=1S/C12H17Cl2N3O2/c1-12(2)6-17(4-7(5-18)19-12)11-9(14)3-8(13)10(15)16-11/h3,7,18H,4-6H2,1-2H3,(H2,15,16). The molecule has 0 radical (unpaired) electrons. The van der Waals surface area contributed by atoms with Gasteiger partial charge in [-0.15, -0.1) is 0 Å². The molecule has 5 nitrogen and oxygen atoms in total. The lowest BCUT2D eigenvalue weighted by atomic mass is 10.1. The molecule has 0 spiro atoms. The Balaban J connectivity index is 2.33. The molecular formula is C12H17Cl2N3O2. The maximum Gasteiger partial charge on any atom is 0.150 e. The smallest absolute Gasteiger partial charge is 0.150 e. The molecule has 1 aliphatic rings. The number of halogens is 2. The van der Waals surface area contributed by atoms with Crippen molar-refractivity contribution in [3.8, 4) is 0 Å². The SMILES string of the molecule is CC1(C)CN(c2nc(N)c(Cl)cc2Cl)CC(CO)O1. The second-order valence-electron chi connectivity index (χ2n) is 5.22. The highest BCUT2D eigenvalue weighted by molar-refractivity contribution is 6.37. The average Bonchev–Trinajstić information content (AvgIpc) is 2.31. The maximum atomic E-state index is 9.31. The zero-order chi connectivity index (χ0) is 14.2. The van der Waals surface area contributed by atoms with Crippen LogP contribution in [0.4, 0.5) is 11.6 Å². The van der Waals surface area contributed by atoms with Gasteiger partial charge >= 0.3 is 0 Å². The molecule has 2 rings (SSSR count). The number of rotatable bonds is 2. The summed E-state index contributed by atoms with van der Waals surface area (Å²) in [7, 11) is 0. The fourth-order valence-electron chi connectivity index (χ4n) is 2.24. The number of morpholine rings is 1. The van der Waals surface area contributed by atoms with Gasteiger partial charge in [0.05, 0.1) is 28.4 Å². The van der Waals surface area contributed by atoms with Crippen LogP contribution in [-0.4, -0.2) is 41.5 Å². The Morgan fingerprint density at radius 1 is 1.53 bits per heavy atom. The van der Waals surface area contributed by atoms with Gasteiger partial charge in [0.15, 0.2) is 0 Å². The minimum Gasteiger partial charge on any atom is -0.394 e. The third kappa shape index (κ3) is 3.23. The monoisotopic (exact) mass is 305 g/mol. The van der Waals surface area contributed by atoms with E-state index in [2.05, 4.69) is 4.98 Å². The van der Waals surface area contributed by atoms with Gasteiger partial charge in [0, 0.05) is 13.1 Å². The van der Waals surface area contributed by atoms with Crippen molar-refractivity contribution in [3.63, 3.8) is 0 Å². The molecule has 1 aromatic heterocycles. The fraction of sp³-hybridized carbons (Fsp3) is 0.583. The van der Waals surface area contributed by atoms with Crippen molar-refractivity contribution in [2.24, 2.45) is 0 Å². The van der Waals surface area contributed by atoms with Gasteiger partial charge in [0.25, 0.3) is 0 Å². The Labute approximate surface area is 122 Å². The number of aliphatic hydroxyl groups is 1. The van der Waals surface area contributed by atoms with E-state index in [1.165, 1.54) is 0 Å². The van der Waals surface area contributed by atoms with Crippen molar-refractivity contribution in [3.05, 3.63) is 16.1 Å². The third-order valence-corrected chi connectivity index (χ3v) is 3.50. The number of aromatic nitrogens is 1. The molecule has 3 N–H and O–H groups in total. The molecular weight excluding hydrogens is 289 g/mol. The van der Waals surface area contributed by atoms with E-state index < -0.39 is 5.60 Å². The molecule has 2 heterocycles. The highest BCUT2D eigenvalue weighted by Crippen LogP contribution is 2.33. The molecule has 1 fully saturated rings. The van der Waals surface area contributed by atoms with Gasteiger partial charge in [-0.1, -0.05) is 23.2 Å². The van der Waals surface area contributed by atoms with Crippen molar-refractivity contribution >= 4 is 34.8 Å². The minimum absolute atomic E-state index is 0.0549. The molecule has 0 aliphatic carbocycles. The highest BCUT2D eigenvalue weighted by Gasteiger charge is 2.34. The van der Waals surface area contributed by atoms with Crippen LogP contribution in [-0.2, 0) is 4.74 Å². The van der Waals surface area contributed by atoms with Crippen molar-refractivity contribution in [2.75, 3.05) is 30.3 Å². The summed E-state index contributed by atoms with van der Waals surface area (Å²) < 4.78 is 5.75. The molecule has 0 aromatic carbocycles. The first kappa shape index (κ1) is 14.7. The second kappa shape index (κ2) is 5.32. The second-order valence-corrected chi connectivity index (χ2v) is 6.04. The molecule has 0 amide bonds. The van der Waals surface area contributed by atoms with Gasteiger partial charge in [-0.3, -0.25) is 0 Å². The van der Waals surface area contributed by atoms with Gasteiger partial charge in [-0.05, 0) is 19.9 Å². The maximum absolute atomic E-state index is 9.31. The van der Waals surface area contributed by atoms with E-state index >= 15 is 0 Å². The van der Waals surface area contributed by atoms with E-state index in [1.807, 2.05) is 18.7 Å². The van der Waals surface area contributed by atoms with Crippen LogP contribution in [0.3, 0.4) is 0 Å². The molecule has 7 heteroatoms. The summed E-state index contributed by atoms with van der Waals surface area (Å²) in [6.45, 7) is 4.97. The van der Waals surface area contributed by atoms with Crippen LogP contribution in [0.25, 0.3) is 0 Å². The van der Waals surface area contributed by atoms with E-state index in [0.717, 1.165) is 0 Å². The molecule has 0 bridgehead atoms. The number of nitrogens with two attached hydrogens (primary N) is 1. The lowest BCUT2D eigenvalue weighted by molar-refractivity contribution is -0.101. The first-order valence-corrected chi connectivity index (χ1v) is 6.73. The lowest BCUT2D eigenvalue weighted by Crippen LogP contribution is -2.54. The average molecular weight is 306 g/mol. The Morgan fingerprint density at radius 2 is 2.21 bits per heavy atom. The third-order valence-electron chi connectivity index (χ3n) is 2.92. The molecule has 106 valence electrons. The van der Waals surface area contributed by atoms with Crippen LogP contribution in [0.5, 0.6) is 0 Å². The number of pyridine rings is 1. The number of anilines is 2. The largest absolute Gasteiger partial charge is 0.394 e. The molecule has 1 atom stereocenters. The first-order valence-electron chi connectivity index (χ1n) is 5.97. The van der Waals surface area contributed by atoms with E-state index in [-0.39, 0.29) is 18.5 Å². The van der Waals surface area contributed by atoms with E-state index in [4.69, 9.17) is 33.7 Å². The molecule has 0 saturated carbocycles.